The molecule has 0 aliphatic heterocycles. The average Bonchev–Trinajstić information content (AvgIpc) is 2.68. The van der Waals surface area contributed by atoms with Crippen LogP contribution in [0.5, 0.6) is 0 Å². The Hall–Kier alpha value is -1.95. The quantitative estimate of drug-likeness (QED) is 0.907. The molecule has 18 heavy (non-hydrogen) atoms. The molecule has 0 saturated carbocycles. The van der Waals surface area contributed by atoms with Crippen molar-refractivity contribution in [1.29, 1.82) is 0 Å². The minimum atomic E-state index is -0.645. The van der Waals surface area contributed by atoms with Crippen LogP contribution in [-0.4, -0.2) is 23.3 Å². The number of aromatic nitrogens is 2. The fourth-order valence-electron chi connectivity index (χ4n) is 1.72. The highest BCUT2D eigenvalue weighted by Gasteiger charge is 2.13. The highest BCUT2D eigenvalue weighted by Crippen LogP contribution is 2.25. The number of ether oxygens (including phenoxy) is 1. The van der Waals surface area contributed by atoms with E-state index in [4.69, 9.17) is 10.5 Å². The topological polar surface area (TPSA) is 53.1 Å². The molecule has 2 aromatic rings. The average molecular weight is 253 g/mol. The van der Waals surface area contributed by atoms with Crippen molar-refractivity contribution in [3.63, 3.8) is 0 Å². The van der Waals surface area contributed by atoms with Gasteiger partial charge in [-0.25, -0.2) is 13.8 Å². The van der Waals surface area contributed by atoms with Gasteiger partial charge in [-0.2, -0.15) is 0 Å². The molecular weight excluding hydrogens is 240 g/mol. The summed E-state index contributed by atoms with van der Waals surface area (Å²) in [4.78, 5) is 3.93. The molecule has 0 aliphatic rings. The summed E-state index contributed by atoms with van der Waals surface area (Å²) < 4.78 is 33.1. The highest BCUT2D eigenvalue weighted by molar-refractivity contribution is 5.61. The number of imidazole rings is 1. The fourth-order valence-corrected chi connectivity index (χ4v) is 1.72. The van der Waals surface area contributed by atoms with Gasteiger partial charge >= 0.3 is 0 Å². The summed E-state index contributed by atoms with van der Waals surface area (Å²) in [5.41, 5.74) is 6.46. The molecule has 1 aromatic heterocycles. The van der Waals surface area contributed by atoms with Crippen LogP contribution in [0.1, 0.15) is 0 Å². The van der Waals surface area contributed by atoms with Crippen LogP contribution in [0.3, 0.4) is 0 Å². The summed E-state index contributed by atoms with van der Waals surface area (Å²) in [7, 11) is 1.56. The number of methoxy groups -OCH3 is 1. The number of hydrogen-bond donors (Lipinski definition) is 1. The number of anilines is 1. The van der Waals surface area contributed by atoms with Gasteiger partial charge in [0.1, 0.15) is 11.6 Å². The molecule has 0 saturated heterocycles. The molecule has 0 unspecified atom stereocenters. The SMILES string of the molecule is COCCn1c(-c2ccc(F)cc2F)cnc1N. The number of rotatable bonds is 4. The van der Waals surface area contributed by atoms with Gasteiger partial charge in [0.2, 0.25) is 5.95 Å². The summed E-state index contributed by atoms with van der Waals surface area (Å²) in [6.07, 6.45) is 1.46. The first-order valence-electron chi connectivity index (χ1n) is 5.39. The van der Waals surface area contributed by atoms with E-state index in [2.05, 4.69) is 4.98 Å². The predicted octanol–water partition coefficient (Wildman–Crippen LogP) is 2.06. The molecule has 6 heteroatoms. The molecule has 2 N–H and O–H groups in total. The van der Waals surface area contributed by atoms with Gasteiger partial charge in [-0.05, 0) is 12.1 Å². The number of benzene rings is 1. The molecule has 1 heterocycles. The van der Waals surface area contributed by atoms with Crippen LogP contribution in [0, 0.1) is 11.6 Å². The van der Waals surface area contributed by atoms with Crippen molar-refractivity contribution in [3.8, 4) is 11.3 Å². The second kappa shape index (κ2) is 5.14. The normalized spacial score (nSPS) is 10.8. The molecule has 0 radical (unpaired) electrons. The lowest BCUT2D eigenvalue weighted by atomic mass is 10.1. The van der Waals surface area contributed by atoms with Crippen molar-refractivity contribution in [2.75, 3.05) is 19.5 Å². The maximum atomic E-state index is 13.7. The zero-order valence-corrected chi connectivity index (χ0v) is 9.86. The van der Waals surface area contributed by atoms with Gasteiger partial charge in [-0.15, -0.1) is 0 Å². The van der Waals surface area contributed by atoms with Crippen LogP contribution in [-0.2, 0) is 11.3 Å². The van der Waals surface area contributed by atoms with Gasteiger partial charge in [-0.3, -0.25) is 0 Å². The number of nitrogens with zero attached hydrogens (tertiary/aromatic N) is 2. The molecule has 0 amide bonds. The van der Waals surface area contributed by atoms with E-state index in [1.54, 1.807) is 11.7 Å². The number of nitrogens with two attached hydrogens (primary N) is 1. The standard InChI is InChI=1S/C12H13F2N3O/c1-18-5-4-17-11(7-16-12(17)15)9-3-2-8(13)6-10(9)14/h2-3,6-7H,4-5H2,1H3,(H2,15,16). The Labute approximate surface area is 103 Å². The minimum Gasteiger partial charge on any atom is -0.383 e. The van der Waals surface area contributed by atoms with E-state index < -0.39 is 11.6 Å². The maximum absolute atomic E-state index is 13.7. The number of halogens is 2. The third kappa shape index (κ3) is 2.33. The Morgan fingerprint density at radius 1 is 1.39 bits per heavy atom. The first kappa shape index (κ1) is 12.5. The molecule has 0 fully saturated rings. The summed E-state index contributed by atoms with van der Waals surface area (Å²) >= 11 is 0. The minimum absolute atomic E-state index is 0.261. The Kier molecular flexibility index (Phi) is 3.57. The lowest BCUT2D eigenvalue weighted by molar-refractivity contribution is 0.188. The third-order valence-electron chi connectivity index (χ3n) is 2.61. The van der Waals surface area contributed by atoms with Gasteiger partial charge in [-0.1, -0.05) is 0 Å². The van der Waals surface area contributed by atoms with Crippen molar-refractivity contribution in [2.24, 2.45) is 0 Å². The Bertz CT molecular complexity index is 554. The number of nitrogen functional groups attached to an aromatic ring is 1. The zero-order valence-electron chi connectivity index (χ0n) is 9.86. The monoisotopic (exact) mass is 253 g/mol. The Morgan fingerprint density at radius 2 is 2.17 bits per heavy atom. The van der Waals surface area contributed by atoms with E-state index >= 15 is 0 Å². The van der Waals surface area contributed by atoms with E-state index in [9.17, 15) is 8.78 Å². The summed E-state index contributed by atoms with van der Waals surface area (Å²) in [5, 5.41) is 0. The van der Waals surface area contributed by atoms with Crippen molar-refractivity contribution in [3.05, 3.63) is 36.0 Å². The Balaban J connectivity index is 2.43. The van der Waals surface area contributed by atoms with E-state index in [0.717, 1.165) is 6.07 Å². The summed E-state index contributed by atoms with van der Waals surface area (Å²) in [5.74, 6) is -0.994. The largest absolute Gasteiger partial charge is 0.383 e. The van der Waals surface area contributed by atoms with Crippen LogP contribution in [0.2, 0.25) is 0 Å². The van der Waals surface area contributed by atoms with Gasteiger partial charge in [0.15, 0.2) is 0 Å². The fraction of sp³-hybridized carbons (Fsp3) is 0.250. The summed E-state index contributed by atoms with van der Waals surface area (Å²) in [6, 6.07) is 3.39. The zero-order chi connectivity index (χ0) is 13.1. The van der Waals surface area contributed by atoms with Crippen LogP contribution < -0.4 is 5.73 Å². The summed E-state index contributed by atoms with van der Waals surface area (Å²) in [6.45, 7) is 0.880. The highest BCUT2D eigenvalue weighted by atomic mass is 19.1. The lowest BCUT2D eigenvalue weighted by Gasteiger charge is -2.10. The molecule has 0 spiro atoms. The maximum Gasteiger partial charge on any atom is 0.200 e. The molecule has 96 valence electrons. The van der Waals surface area contributed by atoms with Crippen LogP contribution in [0.15, 0.2) is 24.4 Å². The van der Waals surface area contributed by atoms with E-state index in [1.165, 1.54) is 18.3 Å². The first-order chi connectivity index (χ1) is 8.63. The number of hydrogen-bond acceptors (Lipinski definition) is 3. The van der Waals surface area contributed by atoms with E-state index in [-0.39, 0.29) is 11.5 Å². The van der Waals surface area contributed by atoms with Gasteiger partial charge < -0.3 is 15.0 Å². The lowest BCUT2D eigenvalue weighted by Crippen LogP contribution is -2.09. The van der Waals surface area contributed by atoms with Crippen molar-refractivity contribution in [2.45, 2.75) is 6.54 Å². The molecule has 4 nitrogen and oxygen atoms in total. The van der Waals surface area contributed by atoms with E-state index in [1.807, 2.05) is 0 Å². The Morgan fingerprint density at radius 3 is 2.83 bits per heavy atom. The molecule has 0 bridgehead atoms. The molecule has 0 atom stereocenters. The van der Waals surface area contributed by atoms with Crippen LogP contribution >= 0.6 is 0 Å². The van der Waals surface area contributed by atoms with Crippen molar-refractivity contribution >= 4 is 5.95 Å². The molecule has 0 aliphatic carbocycles. The first-order valence-corrected chi connectivity index (χ1v) is 5.39. The van der Waals surface area contributed by atoms with Crippen molar-refractivity contribution < 1.29 is 13.5 Å². The second-order valence-electron chi connectivity index (χ2n) is 3.77. The molecule has 2 rings (SSSR count). The van der Waals surface area contributed by atoms with Gasteiger partial charge in [0, 0.05) is 25.3 Å². The smallest absolute Gasteiger partial charge is 0.200 e. The van der Waals surface area contributed by atoms with Gasteiger partial charge in [0.05, 0.1) is 18.5 Å². The van der Waals surface area contributed by atoms with Crippen molar-refractivity contribution in [1.82, 2.24) is 9.55 Å². The van der Waals surface area contributed by atoms with E-state index in [0.29, 0.717) is 18.8 Å². The molecular formula is C12H13F2N3O. The molecule has 1 aromatic carbocycles. The van der Waals surface area contributed by atoms with Crippen LogP contribution in [0.25, 0.3) is 11.3 Å². The van der Waals surface area contributed by atoms with Crippen LogP contribution in [0.4, 0.5) is 14.7 Å². The predicted molar refractivity (Wildman–Crippen MR) is 63.9 cm³/mol. The third-order valence-corrected chi connectivity index (χ3v) is 2.61. The second-order valence-corrected chi connectivity index (χ2v) is 3.77. The van der Waals surface area contributed by atoms with Gasteiger partial charge in [0.25, 0.3) is 0 Å².